The minimum atomic E-state index is -0.393. The molecule has 1 amide bonds. The first-order valence-corrected chi connectivity index (χ1v) is 9.11. The Morgan fingerprint density at radius 1 is 1.07 bits per heavy atom. The third-order valence-electron chi connectivity index (χ3n) is 4.51. The number of carbonyl (C=O) groups excluding carboxylic acids is 2. The van der Waals surface area contributed by atoms with Crippen molar-refractivity contribution in [1.82, 2.24) is 9.78 Å². The summed E-state index contributed by atoms with van der Waals surface area (Å²) < 4.78 is 6.69. The fourth-order valence-corrected chi connectivity index (χ4v) is 2.98. The number of nitrogens with zero attached hydrogens (tertiary/aromatic N) is 2. The van der Waals surface area contributed by atoms with E-state index in [-0.39, 0.29) is 5.91 Å². The SMILES string of the molecule is CCOC(=O)c1cnn(-c2ccc(C(=O)Nc3ccc(C)cc3C)cc2)c1C. The van der Waals surface area contributed by atoms with Crippen molar-refractivity contribution in [2.75, 3.05) is 11.9 Å². The molecule has 0 aliphatic carbocycles. The number of amides is 1. The van der Waals surface area contributed by atoms with Gasteiger partial charge in [-0.1, -0.05) is 17.7 Å². The van der Waals surface area contributed by atoms with Gasteiger partial charge < -0.3 is 10.1 Å². The molecule has 2 aromatic carbocycles. The Hall–Kier alpha value is -3.41. The van der Waals surface area contributed by atoms with Crippen LogP contribution in [-0.4, -0.2) is 28.3 Å². The summed E-state index contributed by atoms with van der Waals surface area (Å²) in [5, 5.41) is 7.20. The van der Waals surface area contributed by atoms with Gasteiger partial charge in [-0.05, 0) is 63.6 Å². The van der Waals surface area contributed by atoms with E-state index in [0.717, 1.165) is 22.5 Å². The van der Waals surface area contributed by atoms with E-state index in [2.05, 4.69) is 10.4 Å². The van der Waals surface area contributed by atoms with E-state index in [4.69, 9.17) is 4.74 Å². The lowest BCUT2D eigenvalue weighted by atomic mass is 10.1. The number of hydrogen-bond donors (Lipinski definition) is 1. The molecule has 28 heavy (non-hydrogen) atoms. The Morgan fingerprint density at radius 3 is 2.43 bits per heavy atom. The molecule has 1 heterocycles. The predicted molar refractivity (Wildman–Crippen MR) is 108 cm³/mol. The molecule has 0 fully saturated rings. The highest BCUT2D eigenvalue weighted by Crippen LogP contribution is 2.19. The molecule has 3 aromatic rings. The number of ether oxygens (including phenoxy) is 1. The van der Waals surface area contributed by atoms with Gasteiger partial charge in [-0.15, -0.1) is 0 Å². The van der Waals surface area contributed by atoms with Crippen LogP contribution in [0.4, 0.5) is 5.69 Å². The standard InChI is InChI=1S/C22H23N3O3/c1-5-28-22(27)19-13-23-25(16(19)4)18-9-7-17(8-10-18)21(26)24-20-11-6-14(2)12-15(20)3/h6-13H,5H2,1-4H3,(H,24,26). The van der Waals surface area contributed by atoms with Crippen LogP contribution in [0.3, 0.4) is 0 Å². The van der Waals surface area contributed by atoms with Crippen molar-refractivity contribution in [1.29, 1.82) is 0 Å². The maximum atomic E-state index is 12.5. The van der Waals surface area contributed by atoms with E-state index >= 15 is 0 Å². The van der Waals surface area contributed by atoms with Crippen LogP contribution in [0, 0.1) is 20.8 Å². The van der Waals surface area contributed by atoms with E-state index < -0.39 is 5.97 Å². The van der Waals surface area contributed by atoms with Crippen LogP contribution in [0.25, 0.3) is 5.69 Å². The van der Waals surface area contributed by atoms with E-state index in [1.54, 1.807) is 42.8 Å². The average Bonchev–Trinajstić information content (AvgIpc) is 3.06. The first kappa shape index (κ1) is 19.4. The van der Waals surface area contributed by atoms with Gasteiger partial charge >= 0.3 is 5.97 Å². The van der Waals surface area contributed by atoms with E-state index in [1.165, 1.54) is 6.20 Å². The molecule has 0 aliphatic rings. The number of esters is 1. The largest absolute Gasteiger partial charge is 0.462 e. The molecule has 0 atom stereocenters. The summed E-state index contributed by atoms with van der Waals surface area (Å²) in [6.07, 6.45) is 1.49. The second kappa shape index (κ2) is 8.08. The van der Waals surface area contributed by atoms with Crippen LogP contribution >= 0.6 is 0 Å². The zero-order chi connectivity index (χ0) is 20.3. The molecular formula is C22H23N3O3. The van der Waals surface area contributed by atoms with Crippen LogP contribution in [-0.2, 0) is 4.74 Å². The fourth-order valence-electron chi connectivity index (χ4n) is 2.98. The number of nitrogens with one attached hydrogen (secondary N) is 1. The minimum absolute atomic E-state index is 0.178. The molecule has 0 saturated heterocycles. The van der Waals surface area contributed by atoms with Crippen molar-refractivity contribution < 1.29 is 14.3 Å². The van der Waals surface area contributed by atoms with E-state index in [0.29, 0.717) is 23.4 Å². The van der Waals surface area contributed by atoms with Gasteiger partial charge in [0.25, 0.3) is 5.91 Å². The molecule has 0 aliphatic heterocycles. The van der Waals surface area contributed by atoms with E-state index in [1.807, 2.05) is 32.0 Å². The molecule has 1 N–H and O–H groups in total. The summed E-state index contributed by atoms with van der Waals surface area (Å²) in [6.45, 7) is 7.86. The first-order chi connectivity index (χ1) is 13.4. The van der Waals surface area contributed by atoms with Gasteiger partial charge in [-0.2, -0.15) is 5.10 Å². The topological polar surface area (TPSA) is 73.2 Å². The van der Waals surface area contributed by atoms with Gasteiger partial charge in [0.05, 0.1) is 24.2 Å². The lowest BCUT2D eigenvalue weighted by Crippen LogP contribution is -2.13. The smallest absolute Gasteiger partial charge is 0.341 e. The summed E-state index contributed by atoms with van der Waals surface area (Å²) in [5.74, 6) is -0.571. The highest BCUT2D eigenvalue weighted by Gasteiger charge is 2.16. The number of hydrogen-bond acceptors (Lipinski definition) is 4. The van der Waals surface area contributed by atoms with Crippen molar-refractivity contribution in [3.63, 3.8) is 0 Å². The van der Waals surface area contributed by atoms with Gasteiger partial charge in [-0.25, -0.2) is 9.48 Å². The van der Waals surface area contributed by atoms with Gasteiger partial charge in [0, 0.05) is 11.3 Å². The predicted octanol–water partition coefficient (Wildman–Crippen LogP) is 4.23. The Labute approximate surface area is 164 Å². The van der Waals surface area contributed by atoms with Gasteiger partial charge in [-0.3, -0.25) is 4.79 Å². The van der Waals surface area contributed by atoms with Crippen molar-refractivity contribution in [2.45, 2.75) is 27.7 Å². The summed E-state index contributed by atoms with van der Waals surface area (Å²) in [5.41, 5.74) is 5.38. The number of rotatable bonds is 5. The van der Waals surface area contributed by atoms with Crippen LogP contribution in [0.2, 0.25) is 0 Å². The molecule has 6 heteroatoms. The summed E-state index contributed by atoms with van der Waals surface area (Å²) in [7, 11) is 0. The van der Waals surface area contributed by atoms with Crippen LogP contribution < -0.4 is 5.32 Å². The lowest BCUT2D eigenvalue weighted by molar-refractivity contribution is 0.0525. The Kier molecular flexibility index (Phi) is 5.59. The Balaban J connectivity index is 1.78. The zero-order valence-corrected chi connectivity index (χ0v) is 16.4. The Bertz CT molecular complexity index is 1020. The third kappa shape index (κ3) is 3.96. The van der Waals surface area contributed by atoms with Gasteiger partial charge in [0.15, 0.2) is 0 Å². The average molecular weight is 377 g/mol. The quantitative estimate of drug-likeness (QED) is 0.676. The highest BCUT2D eigenvalue weighted by atomic mass is 16.5. The molecule has 0 bridgehead atoms. The number of anilines is 1. The summed E-state index contributed by atoms with van der Waals surface area (Å²) in [6, 6.07) is 13.0. The van der Waals surface area contributed by atoms with Gasteiger partial charge in [0.1, 0.15) is 5.56 Å². The molecule has 3 rings (SSSR count). The van der Waals surface area contributed by atoms with Crippen molar-refractivity contribution in [3.05, 3.63) is 76.6 Å². The number of aromatic nitrogens is 2. The maximum Gasteiger partial charge on any atom is 0.341 e. The molecule has 0 radical (unpaired) electrons. The summed E-state index contributed by atoms with van der Waals surface area (Å²) >= 11 is 0. The molecule has 0 spiro atoms. The first-order valence-electron chi connectivity index (χ1n) is 9.11. The lowest BCUT2D eigenvalue weighted by Gasteiger charge is -2.10. The fraction of sp³-hybridized carbons (Fsp3) is 0.227. The van der Waals surface area contributed by atoms with Crippen molar-refractivity contribution >= 4 is 17.6 Å². The molecule has 0 saturated carbocycles. The minimum Gasteiger partial charge on any atom is -0.462 e. The number of benzene rings is 2. The van der Waals surface area contributed by atoms with Gasteiger partial charge in [0.2, 0.25) is 0 Å². The number of carbonyl (C=O) groups is 2. The Morgan fingerprint density at radius 2 is 1.79 bits per heavy atom. The normalized spacial score (nSPS) is 10.6. The molecule has 0 unspecified atom stereocenters. The van der Waals surface area contributed by atoms with Crippen LogP contribution in [0.5, 0.6) is 0 Å². The van der Waals surface area contributed by atoms with Crippen molar-refractivity contribution in [2.24, 2.45) is 0 Å². The third-order valence-corrected chi connectivity index (χ3v) is 4.51. The van der Waals surface area contributed by atoms with Crippen LogP contribution in [0.1, 0.15) is 44.5 Å². The second-order valence-electron chi connectivity index (χ2n) is 6.60. The van der Waals surface area contributed by atoms with Crippen molar-refractivity contribution in [3.8, 4) is 5.69 Å². The second-order valence-corrected chi connectivity index (χ2v) is 6.60. The molecule has 6 nitrogen and oxygen atoms in total. The van der Waals surface area contributed by atoms with Crippen LogP contribution in [0.15, 0.2) is 48.7 Å². The monoisotopic (exact) mass is 377 g/mol. The highest BCUT2D eigenvalue weighted by molar-refractivity contribution is 6.04. The molecule has 1 aromatic heterocycles. The maximum absolute atomic E-state index is 12.5. The molecular weight excluding hydrogens is 354 g/mol. The summed E-state index contributed by atoms with van der Waals surface area (Å²) in [4.78, 5) is 24.5. The van der Waals surface area contributed by atoms with E-state index in [9.17, 15) is 9.59 Å². The zero-order valence-electron chi connectivity index (χ0n) is 16.4. The molecule has 144 valence electrons. The number of aryl methyl sites for hydroxylation is 2.